The molecule has 0 saturated heterocycles. The van der Waals surface area contributed by atoms with Gasteiger partial charge in [0.15, 0.2) is 6.61 Å². The van der Waals surface area contributed by atoms with Crippen molar-refractivity contribution in [3.8, 4) is 5.75 Å². The lowest BCUT2D eigenvalue weighted by Gasteiger charge is -2.03. The smallest absolute Gasteiger partial charge is 0.277 e. The Morgan fingerprint density at radius 1 is 1.12 bits per heavy atom. The maximum atomic E-state index is 5.67. The van der Waals surface area contributed by atoms with Gasteiger partial charge < -0.3 is 9.15 Å². The normalized spacial score (nSPS) is 11.1. The van der Waals surface area contributed by atoms with Crippen molar-refractivity contribution in [2.24, 2.45) is 0 Å². The van der Waals surface area contributed by atoms with Gasteiger partial charge in [-0.25, -0.2) is 4.98 Å². The van der Waals surface area contributed by atoms with Crippen molar-refractivity contribution < 1.29 is 9.15 Å². The van der Waals surface area contributed by atoms with Gasteiger partial charge in [-0.2, -0.15) is 0 Å². The van der Waals surface area contributed by atoms with Gasteiger partial charge in [0, 0.05) is 0 Å². The maximum Gasteiger partial charge on any atom is 0.277 e. The number of nitrogens with zero attached hydrogens (tertiary/aromatic N) is 3. The van der Waals surface area contributed by atoms with Gasteiger partial charge in [-0.05, 0) is 36.8 Å². The van der Waals surface area contributed by atoms with Crippen molar-refractivity contribution in [3.63, 3.8) is 0 Å². The van der Waals surface area contributed by atoms with Crippen LogP contribution in [-0.4, -0.2) is 15.2 Å². The second kappa shape index (κ2) is 7.25. The van der Waals surface area contributed by atoms with Crippen molar-refractivity contribution in [2.45, 2.75) is 24.5 Å². The Bertz CT molecular complexity index is 964. The number of hydrogen-bond donors (Lipinski definition) is 0. The van der Waals surface area contributed by atoms with E-state index in [1.807, 2.05) is 49.4 Å². The molecular weight excluding hydrogens is 354 g/mol. The molecule has 0 bridgehead atoms. The number of thiazole rings is 1. The van der Waals surface area contributed by atoms with Crippen LogP contribution in [0, 0.1) is 6.92 Å². The quantitative estimate of drug-likeness (QED) is 0.452. The first-order valence-electron chi connectivity index (χ1n) is 7.75. The minimum Gasteiger partial charge on any atom is -0.484 e. The molecule has 4 aromatic rings. The highest BCUT2D eigenvalue weighted by Crippen LogP contribution is 2.28. The molecule has 2 heterocycles. The van der Waals surface area contributed by atoms with Gasteiger partial charge in [-0.3, -0.25) is 0 Å². The minimum atomic E-state index is 0.262. The third kappa shape index (κ3) is 4.00. The number of para-hydroxylation sites is 1. The Morgan fingerprint density at radius 2 is 2.04 bits per heavy atom. The van der Waals surface area contributed by atoms with Crippen LogP contribution in [0.1, 0.15) is 16.5 Å². The number of fused-ring (bicyclic) bond motifs is 1. The predicted molar refractivity (Wildman–Crippen MR) is 99.0 cm³/mol. The first-order valence-corrected chi connectivity index (χ1v) is 9.55. The van der Waals surface area contributed by atoms with Gasteiger partial charge >= 0.3 is 0 Å². The van der Waals surface area contributed by atoms with Gasteiger partial charge in [0.05, 0.1) is 16.0 Å². The largest absolute Gasteiger partial charge is 0.484 e. The zero-order valence-electron chi connectivity index (χ0n) is 13.5. The second-order valence-corrected chi connectivity index (χ2v) is 7.47. The third-order valence-corrected chi connectivity index (χ3v) is 5.51. The molecule has 25 heavy (non-hydrogen) atoms. The lowest BCUT2D eigenvalue weighted by atomic mass is 10.2. The monoisotopic (exact) mass is 369 g/mol. The van der Waals surface area contributed by atoms with Crippen LogP contribution >= 0.6 is 23.1 Å². The molecule has 0 aliphatic rings. The van der Waals surface area contributed by atoms with Gasteiger partial charge in [0.2, 0.25) is 0 Å². The molecule has 0 aliphatic carbocycles. The van der Waals surface area contributed by atoms with Crippen molar-refractivity contribution in [1.82, 2.24) is 15.2 Å². The van der Waals surface area contributed by atoms with Crippen LogP contribution in [-0.2, 0) is 12.4 Å². The van der Waals surface area contributed by atoms with Crippen LogP contribution in [0.25, 0.3) is 10.2 Å². The van der Waals surface area contributed by atoms with E-state index in [4.69, 9.17) is 9.15 Å². The molecule has 0 aliphatic heterocycles. The second-order valence-electron chi connectivity index (χ2n) is 5.43. The Kier molecular flexibility index (Phi) is 4.67. The first-order chi connectivity index (χ1) is 12.3. The summed E-state index contributed by atoms with van der Waals surface area (Å²) in [6.45, 7) is 2.29. The van der Waals surface area contributed by atoms with E-state index in [1.165, 1.54) is 16.5 Å². The van der Waals surface area contributed by atoms with E-state index in [0.717, 1.165) is 21.8 Å². The third-order valence-electron chi connectivity index (χ3n) is 3.46. The molecule has 0 saturated carbocycles. The number of aryl methyl sites for hydroxylation is 1. The fourth-order valence-corrected chi connectivity index (χ4v) is 4.05. The Morgan fingerprint density at radius 3 is 2.92 bits per heavy atom. The summed E-state index contributed by atoms with van der Waals surface area (Å²) in [7, 11) is 0. The summed E-state index contributed by atoms with van der Waals surface area (Å²) in [4.78, 5) is 4.60. The molecule has 5 nitrogen and oxygen atoms in total. The number of hydrogen-bond acceptors (Lipinski definition) is 7. The van der Waals surface area contributed by atoms with Gasteiger partial charge in [-0.15, -0.1) is 21.5 Å². The Labute approximate surface area is 153 Å². The summed E-state index contributed by atoms with van der Waals surface area (Å²) in [6.07, 6.45) is 0. The van der Waals surface area contributed by atoms with E-state index in [1.54, 1.807) is 11.3 Å². The van der Waals surface area contributed by atoms with Crippen LogP contribution in [0.2, 0.25) is 0 Å². The fraction of sp³-hybridized carbons (Fsp3) is 0.167. The molecule has 0 amide bonds. The molecule has 0 fully saturated rings. The molecule has 2 aromatic carbocycles. The van der Waals surface area contributed by atoms with Crippen LogP contribution in [0.4, 0.5) is 0 Å². The molecule has 0 unspecified atom stereocenters. The van der Waals surface area contributed by atoms with Crippen molar-refractivity contribution in [3.05, 3.63) is 65.0 Å². The highest BCUT2D eigenvalue weighted by atomic mass is 32.2. The number of ether oxygens (including phenoxy) is 1. The fourth-order valence-electron chi connectivity index (χ4n) is 2.31. The van der Waals surface area contributed by atoms with Gasteiger partial charge in [-0.1, -0.05) is 36.0 Å². The van der Waals surface area contributed by atoms with Crippen molar-refractivity contribution >= 4 is 33.3 Å². The lowest BCUT2D eigenvalue weighted by molar-refractivity contribution is 0.252. The summed E-state index contributed by atoms with van der Waals surface area (Å²) in [5.41, 5.74) is 2.18. The van der Waals surface area contributed by atoms with Crippen molar-refractivity contribution in [2.75, 3.05) is 0 Å². The standard InChI is InChI=1S/C18H15N3O2S2/c1-12-5-4-6-13(9-12)22-10-16-20-21-18(23-16)24-11-17-19-14-7-2-3-8-15(14)25-17/h2-9H,10-11H2,1H3. The zero-order valence-corrected chi connectivity index (χ0v) is 15.1. The van der Waals surface area contributed by atoms with Crippen molar-refractivity contribution in [1.29, 1.82) is 0 Å². The molecule has 2 aromatic heterocycles. The molecule has 0 N–H and O–H groups in total. The minimum absolute atomic E-state index is 0.262. The molecule has 0 spiro atoms. The van der Waals surface area contributed by atoms with Crippen LogP contribution in [0.3, 0.4) is 0 Å². The van der Waals surface area contributed by atoms with Gasteiger partial charge in [0.1, 0.15) is 10.8 Å². The molecule has 126 valence electrons. The molecule has 4 rings (SSSR count). The number of thioether (sulfide) groups is 1. The number of rotatable bonds is 6. The summed E-state index contributed by atoms with van der Waals surface area (Å²) >= 11 is 3.17. The highest BCUT2D eigenvalue weighted by molar-refractivity contribution is 7.98. The summed E-state index contributed by atoms with van der Waals surface area (Å²) in [5.74, 6) is 1.97. The van der Waals surface area contributed by atoms with E-state index in [2.05, 4.69) is 21.2 Å². The first kappa shape index (κ1) is 16.1. The van der Waals surface area contributed by atoms with E-state index in [0.29, 0.717) is 16.9 Å². The average Bonchev–Trinajstić information content (AvgIpc) is 3.24. The molecule has 0 radical (unpaired) electrons. The maximum absolute atomic E-state index is 5.67. The predicted octanol–water partition coefficient (Wildman–Crippen LogP) is 4.86. The van der Waals surface area contributed by atoms with E-state index < -0.39 is 0 Å². The number of aromatic nitrogens is 3. The van der Waals surface area contributed by atoms with E-state index in [-0.39, 0.29) is 6.61 Å². The topological polar surface area (TPSA) is 61.0 Å². The SMILES string of the molecule is Cc1cccc(OCc2nnc(SCc3nc4ccccc4s3)o2)c1. The molecule has 0 atom stereocenters. The lowest BCUT2D eigenvalue weighted by Crippen LogP contribution is -1.95. The Hall–Kier alpha value is -2.38. The zero-order chi connectivity index (χ0) is 17.1. The van der Waals surface area contributed by atoms with Crippen LogP contribution < -0.4 is 4.74 Å². The molecular formula is C18H15N3O2S2. The van der Waals surface area contributed by atoms with Crippen LogP contribution in [0.15, 0.2) is 58.2 Å². The molecule has 7 heteroatoms. The summed E-state index contributed by atoms with van der Waals surface area (Å²) in [6, 6.07) is 16.0. The van der Waals surface area contributed by atoms with E-state index in [9.17, 15) is 0 Å². The summed E-state index contributed by atoms with van der Waals surface area (Å²) in [5, 5.41) is 9.66. The highest BCUT2D eigenvalue weighted by Gasteiger charge is 2.10. The van der Waals surface area contributed by atoms with Gasteiger partial charge in [0.25, 0.3) is 11.1 Å². The Balaban J connectivity index is 1.34. The van der Waals surface area contributed by atoms with E-state index >= 15 is 0 Å². The summed E-state index contributed by atoms with van der Waals surface area (Å²) < 4.78 is 12.5. The average molecular weight is 369 g/mol. The number of benzene rings is 2. The van der Waals surface area contributed by atoms with Crippen LogP contribution in [0.5, 0.6) is 5.75 Å².